The molecule has 2 rings (SSSR count). The number of carbonyl (C=O) groups is 2. The Morgan fingerprint density at radius 1 is 0.960 bits per heavy atom. The van der Waals surface area contributed by atoms with Gasteiger partial charge in [0.05, 0.1) is 4.90 Å². The molecule has 130 valence electrons. The Morgan fingerprint density at radius 3 is 2.12 bits per heavy atom. The maximum Gasteiger partial charge on any atom is 0.338 e. The Hall–Kier alpha value is -2.53. The third-order valence-corrected chi connectivity index (χ3v) is 4.23. The second kappa shape index (κ2) is 7.57. The minimum absolute atomic E-state index is 0.310. The SMILES string of the molecule is C=C(C)C(=O)Oc1cc(SC)c(OC(=O)C(=C)C)c2ccc(C)cc12. The van der Waals surface area contributed by atoms with Crippen LogP contribution in [-0.4, -0.2) is 18.2 Å². The Morgan fingerprint density at radius 2 is 1.56 bits per heavy atom. The van der Waals surface area contributed by atoms with Crippen molar-refractivity contribution in [3.05, 3.63) is 54.1 Å². The van der Waals surface area contributed by atoms with E-state index in [9.17, 15) is 9.59 Å². The van der Waals surface area contributed by atoms with Gasteiger partial charge in [-0.2, -0.15) is 0 Å². The third-order valence-electron chi connectivity index (χ3n) is 3.49. The summed E-state index contributed by atoms with van der Waals surface area (Å²) in [7, 11) is 0. The van der Waals surface area contributed by atoms with Gasteiger partial charge in [0.1, 0.15) is 5.75 Å². The van der Waals surface area contributed by atoms with Gasteiger partial charge < -0.3 is 9.47 Å². The van der Waals surface area contributed by atoms with Crippen molar-refractivity contribution >= 4 is 34.5 Å². The first-order valence-electron chi connectivity index (χ1n) is 7.61. The van der Waals surface area contributed by atoms with E-state index >= 15 is 0 Å². The van der Waals surface area contributed by atoms with Crippen LogP contribution in [0.3, 0.4) is 0 Å². The summed E-state index contributed by atoms with van der Waals surface area (Å²) in [5.41, 5.74) is 1.61. The van der Waals surface area contributed by atoms with Crippen molar-refractivity contribution in [3.8, 4) is 11.5 Å². The fraction of sp³-hybridized carbons (Fsp3) is 0.200. The molecule has 0 heterocycles. The molecule has 25 heavy (non-hydrogen) atoms. The van der Waals surface area contributed by atoms with E-state index in [0.29, 0.717) is 38.3 Å². The first-order valence-corrected chi connectivity index (χ1v) is 8.83. The normalized spacial score (nSPS) is 10.4. The topological polar surface area (TPSA) is 52.6 Å². The summed E-state index contributed by atoms with van der Waals surface area (Å²) in [5.74, 6) is -0.151. The van der Waals surface area contributed by atoms with Gasteiger partial charge in [0.15, 0.2) is 5.75 Å². The molecule has 4 nitrogen and oxygen atoms in total. The van der Waals surface area contributed by atoms with Crippen molar-refractivity contribution in [1.29, 1.82) is 0 Å². The number of carbonyl (C=O) groups excluding carboxylic acids is 2. The van der Waals surface area contributed by atoms with Crippen LogP contribution in [0.15, 0.2) is 53.5 Å². The number of ether oxygens (including phenoxy) is 2. The minimum atomic E-state index is -0.499. The molecule has 2 aromatic carbocycles. The quantitative estimate of drug-likeness (QED) is 0.332. The number of benzene rings is 2. The number of thioether (sulfide) groups is 1. The number of fused-ring (bicyclic) bond motifs is 1. The van der Waals surface area contributed by atoms with Gasteiger partial charge in [-0.1, -0.05) is 30.9 Å². The monoisotopic (exact) mass is 356 g/mol. The maximum atomic E-state index is 12.0. The smallest absolute Gasteiger partial charge is 0.338 e. The van der Waals surface area contributed by atoms with Gasteiger partial charge in [-0.3, -0.25) is 0 Å². The highest BCUT2D eigenvalue weighted by Crippen LogP contribution is 2.42. The Kier molecular flexibility index (Phi) is 5.69. The molecule has 5 heteroatoms. The van der Waals surface area contributed by atoms with Crippen LogP contribution in [0.2, 0.25) is 0 Å². The summed E-state index contributed by atoms with van der Waals surface area (Å²) < 4.78 is 11.0. The molecule has 0 aliphatic rings. The largest absolute Gasteiger partial charge is 0.422 e. The highest BCUT2D eigenvalue weighted by atomic mass is 32.2. The molecule has 0 saturated carbocycles. The van der Waals surface area contributed by atoms with Gasteiger partial charge in [-0.05, 0) is 39.2 Å². The van der Waals surface area contributed by atoms with Crippen LogP contribution in [0.25, 0.3) is 10.8 Å². The average molecular weight is 356 g/mol. The summed E-state index contributed by atoms with van der Waals surface area (Å²) in [5, 5.41) is 1.38. The maximum absolute atomic E-state index is 12.0. The zero-order valence-corrected chi connectivity index (χ0v) is 15.6. The second-order valence-corrected chi connectivity index (χ2v) is 6.64. The lowest BCUT2D eigenvalue weighted by molar-refractivity contribution is -0.131. The molecule has 0 bridgehead atoms. The molecule has 0 aliphatic heterocycles. The molecule has 0 radical (unpaired) electrons. The molecule has 0 aromatic heterocycles. The fourth-order valence-corrected chi connectivity index (χ4v) is 2.73. The summed E-state index contributed by atoms with van der Waals surface area (Å²) in [6, 6.07) is 7.35. The van der Waals surface area contributed by atoms with E-state index < -0.39 is 11.9 Å². The highest BCUT2D eigenvalue weighted by Gasteiger charge is 2.19. The molecule has 0 saturated heterocycles. The molecule has 0 atom stereocenters. The number of rotatable bonds is 5. The number of hydrogen-bond donors (Lipinski definition) is 0. The van der Waals surface area contributed by atoms with E-state index in [-0.39, 0.29) is 0 Å². The van der Waals surface area contributed by atoms with Crippen LogP contribution in [0.1, 0.15) is 19.4 Å². The van der Waals surface area contributed by atoms with Crippen molar-refractivity contribution in [1.82, 2.24) is 0 Å². The van der Waals surface area contributed by atoms with E-state index in [0.717, 1.165) is 5.56 Å². The van der Waals surface area contributed by atoms with Crippen molar-refractivity contribution < 1.29 is 19.1 Å². The minimum Gasteiger partial charge on any atom is -0.422 e. The van der Waals surface area contributed by atoms with Crippen LogP contribution >= 0.6 is 11.8 Å². The summed E-state index contributed by atoms with van der Waals surface area (Å²) >= 11 is 1.40. The van der Waals surface area contributed by atoms with Crippen LogP contribution in [-0.2, 0) is 9.59 Å². The van der Waals surface area contributed by atoms with Crippen LogP contribution in [0.5, 0.6) is 11.5 Å². The van der Waals surface area contributed by atoms with Gasteiger partial charge in [0.2, 0.25) is 0 Å². The van der Waals surface area contributed by atoms with Gasteiger partial charge in [-0.15, -0.1) is 11.8 Å². The van der Waals surface area contributed by atoms with Gasteiger partial charge in [0.25, 0.3) is 0 Å². The zero-order chi connectivity index (χ0) is 18.7. The third kappa shape index (κ3) is 4.12. The molecular formula is C20H20O4S. The predicted octanol–water partition coefficient (Wildman–Crippen LogP) is 4.83. The van der Waals surface area contributed by atoms with Crippen LogP contribution in [0, 0.1) is 6.92 Å². The van der Waals surface area contributed by atoms with Crippen LogP contribution < -0.4 is 9.47 Å². The second-order valence-electron chi connectivity index (χ2n) is 5.79. The van der Waals surface area contributed by atoms with Crippen molar-refractivity contribution in [3.63, 3.8) is 0 Å². The molecule has 0 unspecified atom stereocenters. The average Bonchev–Trinajstić information content (AvgIpc) is 2.56. The van der Waals surface area contributed by atoms with E-state index in [2.05, 4.69) is 13.2 Å². The van der Waals surface area contributed by atoms with E-state index in [4.69, 9.17) is 9.47 Å². The molecule has 0 fully saturated rings. The summed E-state index contributed by atoms with van der Waals surface area (Å²) in [4.78, 5) is 24.7. The molecule has 0 aliphatic carbocycles. The van der Waals surface area contributed by atoms with Crippen molar-refractivity contribution in [2.24, 2.45) is 0 Å². The molecule has 0 N–H and O–H groups in total. The number of hydrogen-bond acceptors (Lipinski definition) is 5. The number of esters is 2. The summed E-state index contributed by atoms with van der Waals surface area (Å²) in [6.45, 7) is 12.3. The molecular weight excluding hydrogens is 336 g/mol. The first-order chi connectivity index (χ1) is 11.7. The first kappa shape index (κ1) is 18.8. The predicted molar refractivity (Wildman–Crippen MR) is 101 cm³/mol. The Bertz CT molecular complexity index is 896. The summed E-state index contributed by atoms with van der Waals surface area (Å²) in [6.07, 6.45) is 1.86. The lowest BCUT2D eigenvalue weighted by Gasteiger charge is -2.16. The number of aryl methyl sites for hydroxylation is 1. The fourth-order valence-electron chi connectivity index (χ4n) is 2.16. The van der Waals surface area contributed by atoms with Gasteiger partial charge >= 0.3 is 11.9 Å². The Balaban J connectivity index is 2.70. The highest BCUT2D eigenvalue weighted by molar-refractivity contribution is 7.98. The zero-order valence-electron chi connectivity index (χ0n) is 14.8. The lowest BCUT2D eigenvalue weighted by Crippen LogP contribution is -2.11. The lowest BCUT2D eigenvalue weighted by atomic mass is 10.1. The Labute approximate surface area is 151 Å². The van der Waals surface area contributed by atoms with Gasteiger partial charge in [0, 0.05) is 21.9 Å². The standard InChI is InChI=1S/C20H20O4S/c1-11(2)19(21)23-16-10-17(25-6)18(24-20(22)12(3)4)14-8-7-13(5)9-15(14)16/h7-10H,1,3H2,2,4-6H3. The van der Waals surface area contributed by atoms with E-state index in [1.807, 2.05) is 31.4 Å². The van der Waals surface area contributed by atoms with E-state index in [1.165, 1.54) is 11.8 Å². The van der Waals surface area contributed by atoms with Crippen LogP contribution in [0.4, 0.5) is 0 Å². The van der Waals surface area contributed by atoms with Crippen molar-refractivity contribution in [2.75, 3.05) is 6.26 Å². The molecule has 0 amide bonds. The van der Waals surface area contributed by atoms with Crippen molar-refractivity contribution in [2.45, 2.75) is 25.7 Å². The van der Waals surface area contributed by atoms with Gasteiger partial charge in [-0.25, -0.2) is 9.59 Å². The molecule has 2 aromatic rings. The molecule has 0 spiro atoms. The van der Waals surface area contributed by atoms with E-state index in [1.54, 1.807) is 19.9 Å².